The lowest BCUT2D eigenvalue weighted by Crippen LogP contribution is -2.26. The smallest absolute Gasteiger partial charge is 0.373 e. The lowest BCUT2D eigenvalue weighted by atomic mass is 10.2. The summed E-state index contributed by atoms with van der Waals surface area (Å²) in [6.07, 6.45) is -1.29. The molecule has 2 aromatic carbocycles. The van der Waals surface area contributed by atoms with Gasteiger partial charge in [0.05, 0.1) is 25.3 Å². The van der Waals surface area contributed by atoms with E-state index in [4.69, 9.17) is 33.8 Å². The average molecular weight is 406 g/mol. The van der Waals surface area contributed by atoms with Crippen LogP contribution in [-0.2, 0) is 24.3 Å². The van der Waals surface area contributed by atoms with Gasteiger partial charge in [0.2, 0.25) is 0 Å². The van der Waals surface area contributed by atoms with Crippen LogP contribution in [0.25, 0.3) is 0 Å². The average Bonchev–Trinajstić information content (AvgIpc) is 2.78. The zero-order valence-electron chi connectivity index (χ0n) is 16.3. The molecule has 9 heteroatoms. The molecule has 0 aliphatic heterocycles. The summed E-state index contributed by atoms with van der Waals surface area (Å²) < 4.78 is 15.3. The van der Waals surface area contributed by atoms with E-state index in [0.717, 1.165) is 0 Å². The molecule has 0 atom stereocenters. The lowest BCUT2D eigenvalue weighted by molar-refractivity contribution is -0.426. The molecule has 0 heterocycles. The van der Waals surface area contributed by atoms with Crippen LogP contribution in [0.5, 0.6) is 11.5 Å². The van der Waals surface area contributed by atoms with Gasteiger partial charge in [0.15, 0.2) is 0 Å². The summed E-state index contributed by atoms with van der Waals surface area (Å²) in [6, 6.07) is 12.6. The molecule has 0 aromatic heterocycles. The maximum absolute atomic E-state index is 12.1. The third kappa shape index (κ3) is 7.07. The van der Waals surface area contributed by atoms with Crippen molar-refractivity contribution in [2.45, 2.75) is 13.2 Å². The van der Waals surface area contributed by atoms with Crippen molar-refractivity contribution in [3.05, 3.63) is 59.7 Å². The predicted octanol–water partition coefficient (Wildman–Crippen LogP) is 2.94. The molecule has 0 aliphatic carbocycles. The van der Waals surface area contributed by atoms with E-state index in [1.807, 2.05) is 0 Å². The number of hydrogen-bond donors (Lipinski definition) is 0. The standard InChI is InChI=1S/C20H22O9/c1-4-25-13-18(26-28-19(21)14-7-5-9-16(11-14)23-2)27-29-20(22)15-8-6-10-17(12-15)24-3/h5-12,18H,4,13H2,1-3H3. The Balaban J connectivity index is 1.92. The van der Waals surface area contributed by atoms with E-state index in [9.17, 15) is 9.59 Å². The van der Waals surface area contributed by atoms with Crippen molar-refractivity contribution in [1.29, 1.82) is 0 Å². The van der Waals surface area contributed by atoms with Crippen LogP contribution >= 0.6 is 0 Å². The maximum Gasteiger partial charge on any atom is 0.373 e. The highest BCUT2D eigenvalue weighted by atomic mass is 17.3. The zero-order valence-corrected chi connectivity index (χ0v) is 16.3. The minimum absolute atomic E-state index is 0.146. The summed E-state index contributed by atoms with van der Waals surface area (Å²) >= 11 is 0. The quantitative estimate of drug-likeness (QED) is 0.317. The minimum Gasteiger partial charge on any atom is -0.497 e. The largest absolute Gasteiger partial charge is 0.497 e. The van der Waals surface area contributed by atoms with Crippen LogP contribution < -0.4 is 9.47 Å². The first-order chi connectivity index (χ1) is 14.1. The van der Waals surface area contributed by atoms with Crippen LogP contribution in [0.15, 0.2) is 48.5 Å². The van der Waals surface area contributed by atoms with Gasteiger partial charge in [-0.3, -0.25) is 9.78 Å². The lowest BCUT2D eigenvalue weighted by Gasteiger charge is -2.15. The molecule has 0 spiro atoms. The van der Waals surface area contributed by atoms with Crippen molar-refractivity contribution in [3.63, 3.8) is 0 Å². The number of benzene rings is 2. The third-order valence-electron chi connectivity index (χ3n) is 3.53. The summed E-state index contributed by atoms with van der Waals surface area (Å²) in [5.41, 5.74) is 0.403. The summed E-state index contributed by atoms with van der Waals surface area (Å²) in [5.74, 6) is -0.608. The minimum atomic E-state index is -1.29. The van der Waals surface area contributed by atoms with E-state index in [2.05, 4.69) is 0 Å². The second-order valence-electron chi connectivity index (χ2n) is 5.49. The Morgan fingerprint density at radius 1 is 0.828 bits per heavy atom. The summed E-state index contributed by atoms with van der Waals surface area (Å²) in [5, 5.41) is 0. The number of carbonyl (C=O) groups excluding carboxylic acids is 2. The van der Waals surface area contributed by atoms with Gasteiger partial charge >= 0.3 is 11.9 Å². The van der Waals surface area contributed by atoms with Gasteiger partial charge in [0.25, 0.3) is 6.29 Å². The SMILES string of the molecule is CCOCC(OOC(=O)c1cccc(OC)c1)OOC(=O)c1cccc(OC)c1. The molecule has 0 N–H and O–H groups in total. The number of carbonyl (C=O) groups is 2. The molecule has 9 nitrogen and oxygen atoms in total. The Labute approximate surface area is 167 Å². The number of ether oxygens (including phenoxy) is 3. The van der Waals surface area contributed by atoms with E-state index < -0.39 is 18.2 Å². The molecule has 0 saturated carbocycles. The van der Waals surface area contributed by atoms with Gasteiger partial charge < -0.3 is 14.2 Å². The first-order valence-electron chi connectivity index (χ1n) is 8.68. The Morgan fingerprint density at radius 2 is 1.31 bits per heavy atom. The van der Waals surface area contributed by atoms with Gasteiger partial charge in [0, 0.05) is 6.61 Å². The van der Waals surface area contributed by atoms with Crippen molar-refractivity contribution in [2.24, 2.45) is 0 Å². The molecule has 2 rings (SSSR count). The van der Waals surface area contributed by atoms with Gasteiger partial charge in [-0.05, 0) is 43.3 Å². The molecule has 0 unspecified atom stereocenters. The molecular weight excluding hydrogens is 384 g/mol. The number of hydrogen-bond acceptors (Lipinski definition) is 9. The molecule has 0 bridgehead atoms. The Morgan fingerprint density at radius 3 is 1.72 bits per heavy atom. The Bertz CT molecular complexity index is 743. The van der Waals surface area contributed by atoms with E-state index in [-0.39, 0.29) is 17.7 Å². The molecule has 29 heavy (non-hydrogen) atoms. The molecular formula is C20H22O9. The molecule has 0 radical (unpaired) electrons. The molecule has 0 saturated heterocycles. The highest BCUT2D eigenvalue weighted by molar-refractivity contribution is 5.89. The van der Waals surface area contributed by atoms with E-state index >= 15 is 0 Å². The number of rotatable bonds is 11. The van der Waals surface area contributed by atoms with Crippen molar-refractivity contribution >= 4 is 11.9 Å². The fraction of sp³-hybridized carbons (Fsp3) is 0.300. The molecule has 0 amide bonds. The molecule has 0 fully saturated rings. The normalized spacial score (nSPS) is 10.5. The fourth-order valence-corrected chi connectivity index (χ4v) is 2.08. The molecule has 2 aromatic rings. The van der Waals surface area contributed by atoms with Gasteiger partial charge in [0.1, 0.15) is 18.1 Å². The van der Waals surface area contributed by atoms with Crippen molar-refractivity contribution in [1.82, 2.24) is 0 Å². The molecule has 156 valence electrons. The molecule has 0 aliphatic rings. The zero-order chi connectivity index (χ0) is 21.1. The van der Waals surface area contributed by atoms with E-state index in [0.29, 0.717) is 18.1 Å². The van der Waals surface area contributed by atoms with Gasteiger partial charge in [-0.25, -0.2) is 9.59 Å². The third-order valence-corrected chi connectivity index (χ3v) is 3.53. The first-order valence-corrected chi connectivity index (χ1v) is 8.68. The summed E-state index contributed by atoms with van der Waals surface area (Å²) in [7, 11) is 2.95. The van der Waals surface area contributed by atoms with Gasteiger partial charge in [-0.1, -0.05) is 12.1 Å². The van der Waals surface area contributed by atoms with Gasteiger partial charge in [-0.15, -0.1) is 9.78 Å². The number of methoxy groups -OCH3 is 2. The van der Waals surface area contributed by atoms with Gasteiger partial charge in [-0.2, -0.15) is 0 Å². The van der Waals surface area contributed by atoms with Crippen LogP contribution in [0, 0.1) is 0 Å². The Kier molecular flexibility index (Phi) is 8.90. The van der Waals surface area contributed by atoms with Crippen LogP contribution in [0.4, 0.5) is 0 Å². The maximum atomic E-state index is 12.1. The highest BCUT2D eigenvalue weighted by Gasteiger charge is 2.20. The van der Waals surface area contributed by atoms with Crippen molar-refractivity contribution < 1.29 is 43.3 Å². The second-order valence-corrected chi connectivity index (χ2v) is 5.49. The van der Waals surface area contributed by atoms with Crippen LogP contribution in [0.2, 0.25) is 0 Å². The van der Waals surface area contributed by atoms with Crippen LogP contribution in [0.1, 0.15) is 27.6 Å². The van der Waals surface area contributed by atoms with Crippen molar-refractivity contribution in [2.75, 3.05) is 27.4 Å². The first kappa shape index (κ1) is 22.2. The van der Waals surface area contributed by atoms with Crippen molar-refractivity contribution in [3.8, 4) is 11.5 Å². The van der Waals surface area contributed by atoms with E-state index in [1.165, 1.54) is 38.5 Å². The topological polar surface area (TPSA) is 98.8 Å². The Hall–Kier alpha value is -3.14. The predicted molar refractivity (Wildman–Crippen MR) is 99.3 cm³/mol. The van der Waals surface area contributed by atoms with Crippen LogP contribution in [0.3, 0.4) is 0 Å². The van der Waals surface area contributed by atoms with Crippen LogP contribution in [-0.4, -0.2) is 45.7 Å². The second kappa shape index (κ2) is 11.6. The summed E-state index contributed by atoms with van der Waals surface area (Å²) in [4.78, 5) is 43.6. The fourth-order valence-electron chi connectivity index (χ4n) is 2.08. The highest BCUT2D eigenvalue weighted by Crippen LogP contribution is 2.15. The monoisotopic (exact) mass is 406 g/mol. The summed E-state index contributed by atoms with van der Waals surface area (Å²) in [6.45, 7) is 1.95. The van der Waals surface area contributed by atoms with E-state index in [1.54, 1.807) is 31.2 Å².